The Morgan fingerprint density at radius 2 is 2.04 bits per heavy atom. The molecule has 0 bridgehead atoms. The van der Waals surface area contributed by atoms with Gasteiger partial charge in [-0.25, -0.2) is 0 Å². The van der Waals surface area contributed by atoms with Crippen molar-refractivity contribution < 1.29 is 44.2 Å². The number of hydrogen-bond donors (Lipinski definition) is 1. The molecule has 24 heavy (non-hydrogen) atoms. The molecule has 0 spiro atoms. The van der Waals surface area contributed by atoms with Crippen LogP contribution in [0.2, 0.25) is 10.0 Å². The van der Waals surface area contributed by atoms with Crippen LogP contribution >= 0.6 is 39.1 Å². The summed E-state index contributed by atoms with van der Waals surface area (Å²) in [4.78, 5) is 11.6. The summed E-state index contributed by atoms with van der Waals surface area (Å²) in [7, 11) is 0. The van der Waals surface area contributed by atoms with E-state index in [2.05, 4.69) is 21.2 Å². The maximum absolute atomic E-state index is 11.6. The molecule has 118 valence electrons. The minimum atomic E-state index is -1.23. The Labute approximate surface area is 178 Å². The van der Waals surface area contributed by atoms with E-state index in [9.17, 15) is 9.90 Å². The molecular weight excluding hydrogens is 428 g/mol. The maximum atomic E-state index is 11.6. The predicted octanol–water partition coefficient (Wildman–Crippen LogP) is 0.197. The number of hydrogen-bond acceptors (Lipinski definition) is 4. The normalized spacial score (nSPS) is 23.0. The number of carboxylic acids is 1. The van der Waals surface area contributed by atoms with Crippen LogP contribution in [0.15, 0.2) is 34.8 Å². The average Bonchev–Trinajstić information content (AvgIpc) is 2.86. The third-order valence-corrected chi connectivity index (χ3v) is 5.37. The summed E-state index contributed by atoms with van der Waals surface area (Å²) in [5, 5.41) is 15.4. The van der Waals surface area contributed by atoms with Gasteiger partial charge < -0.3 is 20.0 Å². The first-order valence-electron chi connectivity index (χ1n) is 6.89. The molecule has 0 aliphatic carbocycles. The van der Waals surface area contributed by atoms with Gasteiger partial charge in [0.25, 0.3) is 0 Å². The van der Waals surface area contributed by atoms with Crippen LogP contribution < -0.4 is 44.7 Å². The van der Waals surface area contributed by atoms with E-state index in [1.165, 1.54) is 0 Å². The number of benzene rings is 2. The standard InChI is InChI=1S/C16H10BrCl2NO3.Na/c17-8-3-1-2-7-11-12-9(19)4-6(18)5-10(12)20-13(16(21)22)15(11)23-14(7)8;/h1-5,11,13,15,20H,(H,21,22);/q;+1/p-1. The van der Waals surface area contributed by atoms with Crippen LogP contribution in [0.1, 0.15) is 17.0 Å². The number of anilines is 1. The molecule has 2 aromatic rings. The van der Waals surface area contributed by atoms with Crippen LogP contribution in [-0.2, 0) is 4.79 Å². The van der Waals surface area contributed by atoms with E-state index in [0.29, 0.717) is 21.5 Å². The first-order chi connectivity index (χ1) is 11.0. The fourth-order valence-electron chi connectivity index (χ4n) is 3.32. The van der Waals surface area contributed by atoms with Gasteiger partial charge in [0.15, 0.2) is 0 Å². The number of carboxylic acid groups (broad SMARTS) is 1. The summed E-state index contributed by atoms with van der Waals surface area (Å²) >= 11 is 15.9. The van der Waals surface area contributed by atoms with E-state index in [1.54, 1.807) is 12.1 Å². The van der Waals surface area contributed by atoms with Crippen LogP contribution in [-0.4, -0.2) is 18.1 Å². The second-order valence-electron chi connectivity index (χ2n) is 5.51. The van der Waals surface area contributed by atoms with Crippen molar-refractivity contribution in [3.63, 3.8) is 0 Å². The van der Waals surface area contributed by atoms with Gasteiger partial charge in [-0.3, -0.25) is 0 Å². The monoisotopic (exact) mass is 435 g/mol. The number of para-hydroxylation sites is 1. The van der Waals surface area contributed by atoms with Crippen molar-refractivity contribution in [2.45, 2.75) is 18.1 Å². The van der Waals surface area contributed by atoms with Gasteiger partial charge in [0.1, 0.15) is 17.9 Å². The number of halogens is 3. The number of rotatable bonds is 1. The van der Waals surface area contributed by atoms with E-state index in [-0.39, 0.29) is 35.5 Å². The van der Waals surface area contributed by atoms with Crippen LogP contribution in [0.3, 0.4) is 0 Å². The first kappa shape index (κ1) is 18.4. The van der Waals surface area contributed by atoms with Gasteiger partial charge >= 0.3 is 29.6 Å². The van der Waals surface area contributed by atoms with Crippen LogP contribution in [0.4, 0.5) is 5.69 Å². The molecule has 0 aromatic heterocycles. The molecule has 2 aromatic carbocycles. The van der Waals surface area contributed by atoms with E-state index >= 15 is 0 Å². The van der Waals surface area contributed by atoms with Gasteiger partial charge in [0, 0.05) is 26.9 Å². The first-order valence-corrected chi connectivity index (χ1v) is 8.43. The SMILES string of the molecule is O=C([O-])C1Nc2cc(Cl)cc(Cl)c2C2c3cccc(Br)c3OC12.[Na+]. The number of fused-ring (bicyclic) bond motifs is 5. The summed E-state index contributed by atoms with van der Waals surface area (Å²) in [5.74, 6) is -0.897. The van der Waals surface area contributed by atoms with Crippen LogP contribution in [0.25, 0.3) is 0 Å². The maximum Gasteiger partial charge on any atom is 1.00 e. The summed E-state index contributed by atoms with van der Waals surface area (Å²) in [6.45, 7) is 0. The Kier molecular flexibility index (Phi) is 5.13. The molecule has 3 unspecified atom stereocenters. The molecule has 2 heterocycles. The third kappa shape index (κ3) is 2.75. The summed E-state index contributed by atoms with van der Waals surface area (Å²) in [5.41, 5.74) is 2.27. The minimum absolute atomic E-state index is 0. The van der Waals surface area contributed by atoms with Crippen LogP contribution in [0.5, 0.6) is 5.75 Å². The molecule has 0 radical (unpaired) electrons. The Hall–Kier alpha value is -0.430. The van der Waals surface area contributed by atoms with E-state index < -0.39 is 18.1 Å². The molecule has 0 fully saturated rings. The Bertz CT molecular complexity index is 848. The third-order valence-electron chi connectivity index (χ3n) is 4.21. The Morgan fingerprint density at radius 3 is 2.75 bits per heavy atom. The van der Waals surface area contributed by atoms with E-state index in [4.69, 9.17) is 27.9 Å². The number of nitrogens with one attached hydrogen (secondary N) is 1. The van der Waals surface area contributed by atoms with Gasteiger partial charge in [0.05, 0.1) is 16.4 Å². The van der Waals surface area contributed by atoms with Gasteiger partial charge in [-0.2, -0.15) is 0 Å². The quantitative estimate of drug-likeness (QED) is 0.648. The van der Waals surface area contributed by atoms with Gasteiger partial charge in [-0.05, 0) is 34.1 Å². The summed E-state index contributed by atoms with van der Waals surface area (Å²) < 4.78 is 6.71. The van der Waals surface area contributed by atoms with Gasteiger partial charge in [-0.1, -0.05) is 35.3 Å². The zero-order valence-corrected chi connectivity index (χ0v) is 17.6. The molecule has 4 nitrogen and oxygen atoms in total. The van der Waals surface area contributed by atoms with E-state index in [0.717, 1.165) is 15.6 Å². The molecule has 0 saturated heterocycles. The van der Waals surface area contributed by atoms with Crippen molar-refractivity contribution in [1.29, 1.82) is 0 Å². The molecule has 2 aliphatic heterocycles. The number of ether oxygens (including phenoxy) is 1. The molecule has 4 rings (SSSR count). The largest absolute Gasteiger partial charge is 1.00 e. The second kappa shape index (κ2) is 6.71. The number of carbonyl (C=O) groups excluding carboxylic acids is 1. The molecule has 0 amide bonds. The van der Waals surface area contributed by atoms with Crippen molar-refractivity contribution in [3.8, 4) is 5.75 Å². The predicted molar refractivity (Wildman–Crippen MR) is 89.3 cm³/mol. The van der Waals surface area contributed by atoms with Gasteiger partial charge in [-0.15, -0.1) is 0 Å². The Balaban J connectivity index is 0.00000169. The number of aliphatic carboxylic acids is 1. The van der Waals surface area contributed by atoms with Crippen molar-refractivity contribution in [2.24, 2.45) is 0 Å². The average molecular weight is 437 g/mol. The molecule has 8 heteroatoms. The van der Waals surface area contributed by atoms with Crippen molar-refractivity contribution >= 4 is 50.8 Å². The topological polar surface area (TPSA) is 61.4 Å². The molecular formula is C16H9BrCl2NNaO3. The van der Waals surface area contributed by atoms with Crippen molar-refractivity contribution in [1.82, 2.24) is 0 Å². The summed E-state index contributed by atoms with van der Waals surface area (Å²) in [6.07, 6.45) is -0.639. The fraction of sp³-hybridized carbons (Fsp3) is 0.188. The molecule has 2 aliphatic rings. The molecule has 0 saturated carbocycles. The van der Waals surface area contributed by atoms with Gasteiger partial charge in [0.2, 0.25) is 0 Å². The Morgan fingerprint density at radius 1 is 1.29 bits per heavy atom. The minimum Gasteiger partial charge on any atom is -0.548 e. The summed E-state index contributed by atoms with van der Waals surface area (Å²) in [6, 6.07) is 7.97. The fourth-order valence-corrected chi connectivity index (χ4v) is 4.41. The zero-order chi connectivity index (χ0) is 16.3. The van der Waals surface area contributed by atoms with Crippen molar-refractivity contribution in [3.05, 3.63) is 56.0 Å². The second-order valence-corrected chi connectivity index (χ2v) is 7.21. The zero-order valence-electron chi connectivity index (χ0n) is 12.5. The number of carbonyl (C=O) groups is 1. The molecule has 1 N–H and O–H groups in total. The smallest absolute Gasteiger partial charge is 0.548 e. The van der Waals surface area contributed by atoms with Crippen LogP contribution in [0, 0.1) is 0 Å². The van der Waals surface area contributed by atoms with E-state index in [1.807, 2.05) is 18.2 Å². The van der Waals surface area contributed by atoms with Crippen molar-refractivity contribution in [2.75, 3.05) is 5.32 Å². The molecule has 3 atom stereocenters.